The third kappa shape index (κ3) is 5.11. The summed E-state index contributed by atoms with van der Waals surface area (Å²) in [4.78, 5) is 11.6. The lowest BCUT2D eigenvalue weighted by Gasteiger charge is -2.17. The van der Waals surface area contributed by atoms with Gasteiger partial charge in [0.25, 0.3) is 0 Å². The van der Waals surface area contributed by atoms with Crippen molar-refractivity contribution in [2.75, 3.05) is 11.9 Å². The predicted molar refractivity (Wildman–Crippen MR) is 72.4 cm³/mol. The molecule has 1 amide bonds. The molecule has 1 aromatic rings. The van der Waals surface area contributed by atoms with Gasteiger partial charge in [-0.15, -0.1) is 0 Å². The second-order valence-corrected chi connectivity index (χ2v) is 5.03. The topological polar surface area (TPSA) is 41.1 Å². The molecule has 0 aliphatic rings. The Balaban J connectivity index is 2.48. The smallest absolute Gasteiger partial charge is 0.376 e. The molecule has 0 aliphatic heterocycles. The van der Waals surface area contributed by atoms with Crippen LogP contribution in [-0.2, 0) is 11.0 Å². The molecule has 1 atom stereocenters. The van der Waals surface area contributed by atoms with Gasteiger partial charge in [-0.25, -0.2) is 0 Å². The minimum absolute atomic E-state index is 0.0302. The SMILES string of the molecule is CC(C)C(C)NC(=O)CNc1ccc(C(F)(F)F)cc1. The highest BCUT2D eigenvalue weighted by Crippen LogP contribution is 2.29. The number of nitrogens with one attached hydrogen (secondary N) is 2. The molecule has 1 unspecified atom stereocenters. The van der Waals surface area contributed by atoms with Crippen LogP contribution < -0.4 is 10.6 Å². The van der Waals surface area contributed by atoms with Crippen molar-refractivity contribution in [3.8, 4) is 0 Å². The van der Waals surface area contributed by atoms with Gasteiger partial charge in [-0.1, -0.05) is 13.8 Å². The van der Waals surface area contributed by atoms with Gasteiger partial charge in [-0.3, -0.25) is 4.79 Å². The number of carbonyl (C=O) groups excluding carboxylic acids is 1. The van der Waals surface area contributed by atoms with E-state index < -0.39 is 11.7 Å². The summed E-state index contributed by atoms with van der Waals surface area (Å²) < 4.78 is 37.1. The maximum Gasteiger partial charge on any atom is 0.416 e. The van der Waals surface area contributed by atoms with E-state index in [4.69, 9.17) is 0 Å². The van der Waals surface area contributed by atoms with Gasteiger partial charge in [-0.05, 0) is 37.1 Å². The second-order valence-electron chi connectivity index (χ2n) is 5.03. The summed E-state index contributed by atoms with van der Waals surface area (Å²) in [5, 5.41) is 5.59. The lowest BCUT2D eigenvalue weighted by Crippen LogP contribution is -2.39. The molecule has 3 nitrogen and oxygen atoms in total. The number of hydrogen-bond acceptors (Lipinski definition) is 2. The highest BCUT2D eigenvalue weighted by atomic mass is 19.4. The molecule has 0 aliphatic carbocycles. The first-order chi connectivity index (χ1) is 9.20. The summed E-state index contributed by atoms with van der Waals surface area (Å²) in [6, 6.07) is 4.63. The van der Waals surface area contributed by atoms with Crippen LogP contribution in [0.3, 0.4) is 0 Å². The highest BCUT2D eigenvalue weighted by Gasteiger charge is 2.29. The number of benzene rings is 1. The van der Waals surface area contributed by atoms with Gasteiger partial charge >= 0.3 is 6.18 Å². The fourth-order valence-electron chi connectivity index (χ4n) is 1.43. The average Bonchev–Trinajstić information content (AvgIpc) is 2.35. The molecule has 1 rings (SSSR count). The fraction of sp³-hybridized carbons (Fsp3) is 0.500. The lowest BCUT2D eigenvalue weighted by atomic mass is 10.1. The highest BCUT2D eigenvalue weighted by molar-refractivity contribution is 5.80. The van der Waals surface area contributed by atoms with E-state index >= 15 is 0 Å². The summed E-state index contributed by atoms with van der Waals surface area (Å²) in [5.41, 5.74) is -0.230. The zero-order valence-electron chi connectivity index (χ0n) is 11.7. The predicted octanol–water partition coefficient (Wildman–Crippen LogP) is 3.28. The molecule has 20 heavy (non-hydrogen) atoms. The van der Waals surface area contributed by atoms with E-state index in [9.17, 15) is 18.0 Å². The van der Waals surface area contributed by atoms with Crippen LogP contribution in [0.4, 0.5) is 18.9 Å². The van der Waals surface area contributed by atoms with Gasteiger partial charge < -0.3 is 10.6 Å². The van der Waals surface area contributed by atoms with Crippen molar-refractivity contribution in [2.24, 2.45) is 5.92 Å². The molecule has 0 saturated heterocycles. The van der Waals surface area contributed by atoms with Crippen LogP contribution in [0.1, 0.15) is 26.3 Å². The molecule has 2 N–H and O–H groups in total. The Kier molecular flexibility index (Phi) is 5.42. The Morgan fingerprint density at radius 2 is 1.70 bits per heavy atom. The molecule has 0 heterocycles. The first kappa shape index (κ1) is 16.3. The summed E-state index contributed by atoms with van der Waals surface area (Å²) in [7, 11) is 0. The zero-order chi connectivity index (χ0) is 15.3. The summed E-state index contributed by atoms with van der Waals surface area (Å²) in [6.45, 7) is 5.92. The Morgan fingerprint density at radius 3 is 2.15 bits per heavy atom. The van der Waals surface area contributed by atoms with Crippen molar-refractivity contribution in [1.29, 1.82) is 0 Å². The third-order valence-corrected chi connectivity index (χ3v) is 3.05. The van der Waals surface area contributed by atoms with Gasteiger partial charge in [0, 0.05) is 11.7 Å². The van der Waals surface area contributed by atoms with E-state index in [1.807, 2.05) is 20.8 Å². The van der Waals surface area contributed by atoms with Gasteiger partial charge in [0.05, 0.1) is 12.1 Å². The molecule has 0 spiro atoms. The molecule has 0 saturated carbocycles. The van der Waals surface area contributed by atoms with Crippen molar-refractivity contribution in [2.45, 2.75) is 33.0 Å². The normalized spacial score (nSPS) is 13.2. The molecule has 1 aromatic carbocycles. The minimum atomic E-state index is -4.34. The van der Waals surface area contributed by atoms with E-state index in [1.54, 1.807) is 0 Å². The molecule has 0 radical (unpaired) electrons. The molecule has 0 bridgehead atoms. The summed E-state index contributed by atoms with van der Waals surface area (Å²) >= 11 is 0. The Morgan fingerprint density at radius 1 is 1.15 bits per heavy atom. The average molecular weight is 288 g/mol. The van der Waals surface area contributed by atoms with Gasteiger partial charge in [0.1, 0.15) is 0 Å². The van der Waals surface area contributed by atoms with Crippen LogP contribution in [0.25, 0.3) is 0 Å². The van der Waals surface area contributed by atoms with Crippen molar-refractivity contribution >= 4 is 11.6 Å². The van der Waals surface area contributed by atoms with Crippen molar-refractivity contribution in [3.63, 3.8) is 0 Å². The van der Waals surface area contributed by atoms with Gasteiger partial charge in [0.2, 0.25) is 5.91 Å². The summed E-state index contributed by atoms with van der Waals surface area (Å²) in [5.74, 6) is 0.135. The number of carbonyl (C=O) groups is 1. The van der Waals surface area contributed by atoms with Crippen LogP contribution in [0.5, 0.6) is 0 Å². The van der Waals surface area contributed by atoms with E-state index in [0.717, 1.165) is 12.1 Å². The number of anilines is 1. The van der Waals surface area contributed by atoms with Crippen LogP contribution in [-0.4, -0.2) is 18.5 Å². The summed E-state index contributed by atoms with van der Waals surface area (Å²) in [6.07, 6.45) is -4.34. The monoisotopic (exact) mass is 288 g/mol. The van der Waals surface area contributed by atoms with Crippen LogP contribution in [0.2, 0.25) is 0 Å². The standard InChI is InChI=1S/C14H19F3N2O/c1-9(2)10(3)19-13(20)8-18-12-6-4-11(5-7-12)14(15,16)17/h4-7,9-10,18H,8H2,1-3H3,(H,19,20). The number of halogens is 3. The molecule has 0 fully saturated rings. The van der Waals surface area contributed by atoms with E-state index in [1.165, 1.54) is 12.1 Å². The molecule has 6 heteroatoms. The number of rotatable bonds is 5. The Hall–Kier alpha value is -1.72. The first-order valence-electron chi connectivity index (χ1n) is 6.40. The van der Waals surface area contributed by atoms with Gasteiger partial charge in [-0.2, -0.15) is 13.2 Å². The lowest BCUT2D eigenvalue weighted by molar-refractivity contribution is -0.137. The maximum atomic E-state index is 12.4. The maximum absolute atomic E-state index is 12.4. The largest absolute Gasteiger partial charge is 0.416 e. The van der Waals surface area contributed by atoms with E-state index in [-0.39, 0.29) is 18.5 Å². The molecule has 0 aromatic heterocycles. The van der Waals surface area contributed by atoms with Crippen molar-refractivity contribution < 1.29 is 18.0 Å². The second kappa shape index (κ2) is 6.63. The van der Waals surface area contributed by atoms with Crippen LogP contribution in [0, 0.1) is 5.92 Å². The third-order valence-electron chi connectivity index (χ3n) is 3.05. The molecular formula is C14H19F3N2O. The number of amides is 1. The quantitative estimate of drug-likeness (QED) is 0.873. The Labute approximate surface area is 116 Å². The van der Waals surface area contributed by atoms with E-state index in [2.05, 4.69) is 10.6 Å². The van der Waals surface area contributed by atoms with Crippen LogP contribution >= 0.6 is 0 Å². The first-order valence-corrected chi connectivity index (χ1v) is 6.40. The zero-order valence-corrected chi connectivity index (χ0v) is 11.7. The van der Waals surface area contributed by atoms with Crippen molar-refractivity contribution in [1.82, 2.24) is 5.32 Å². The number of alkyl halides is 3. The fourth-order valence-corrected chi connectivity index (χ4v) is 1.43. The van der Waals surface area contributed by atoms with Crippen LogP contribution in [0.15, 0.2) is 24.3 Å². The molecule has 112 valence electrons. The molecular weight excluding hydrogens is 269 g/mol. The Bertz CT molecular complexity index is 441. The minimum Gasteiger partial charge on any atom is -0.376 e. The van der Waals surface area contributed by atoms with Gasteiger partial charge in [0.15, 0.2) is 0 Å². The van der Waals surface area contributed by atoms with E-state index in [0.29, 0.717) is 11.6 Å². The number of hydrogen-bond donors (Lipinski definition) is 2. The van der Waals surface area contributed by atoms with Crippen molar-refractivity contribution in [3.05, 3.63) is 29.8 Å².